The number of rotatable bonds is 4. The molecule has 138 valence electrons. The molecule has 1 aliphatic heterocycles. The third kappa shape index (κ3) is 3.90. The highest BCUT2D eigenvalue weighted by molar-refractivity contribution is 7.89. The largest absolute Gasteiger partial charge is 0.348 e. The molecule has 26 heavy (non-hydrogen) atoms. The van der Waals surface area contributed by atoms with Gasteiger partial charge in [0.2, 0.25) is 10.0 Å². The Morgan fingerprint density at radius 2 is 2.12 bits per heavy atom. The van der Waals surface area contributed by atoms with Gasteiger partial charge in [-0.15, -0.1) is 0 Å². The van der Waals surface area contributed by atoms with Gasteiger partial charge >= 0.3 is 0 Å². The van der Waals surface area contributed by atoms with Crippen molar-refractivity contribution in [2.45, 2.75) is 30.7 Å². The Bertz CT molecular complexity index is 903. The Kier molecular flexibility index (Phi) is 5.60. The number of nitrogens with one attached hydrogen (secondary N) is 1. The molecule has 1 saturated heterocycles. The van der Waals surface area contributed by atoms with Crippen molar-refractivity contribution in [3.8, 4) is 0 Å². The fourth-order valence-corrected chi connectivity index (χ4v) is 5.05. The number of piperidine rings is 1. The van der Waals surface area contributed by atoms with Crippen LogP contribution in [0.1, 0.15) is 28.8 Å². The molecule has 1 amide bonds. The van der Waals surface area contributed by atoms with Crippen LogP contribution in [0.3, 0.4) is 0 Å². The van der Waals surface area contributed by atoms with E-state index in [4.69, 9.17) is 11.6 Å². The van der Waals surface area contributed by atoms with Crippen LogP contribution in [0.4, 0.5) is 0 Å². The van der Waals surface area contributed by atoms with Crippen molar-refractivity contribution < 1.29 is 13.2 Å². The van der Waals surface area contributed by atoms with Crippen molar-refractivity contribution in [3.05, 3.63) is 58.9 Å². The number of nitrogens with zero attached hydrogens (tertiary/aromatic N) is 2. The summed E-state index contributed by atoms with van der Waals surface area (Å²) in [6.45, 7) is 2.36. The van der Waals surface area contributed by atoms with Gasteiger partial charge in [0, 0.05) is 36.5 Å². The highest BCUT2D eigenvalue weighted by Gasteiger charge is 2.32. The summed E-state index contributed by atoms with van der Waals surface area (Å²) >= 11 is 6.08. The molecule has 1 unspecified atom stereocenters. The van der Waals surface area contributed by atoms with Gasteiger partial charge < -0.3 is 5.32 Å². The van der Waals surface area contributed by atoms with Crippen LogP contribution in [-0.4, -0.2) is 42.7 Å². The maximum atomic E-state index is 13.0. The molecule has 3 rings (SSSR count). The second-order valence-electron chi connectivity index (χ2n) is 6.28. The molecule has 1 fully saturated rings. The smallest absolute Gasteiger partial charge is 0.253 e. The first kappa shape index (κ1) is 18.8. The van der Waals surface area contributed by atoms with E-state index in [0.717, 1.165) is 6.42 Å². The Labute approximate surface area is 158 Å². The SMILES string of the molecule is Cc1c(Cl)cccc1S(=O)(=O)N1CCCC(NC(=O)c2cccnc2)C1. The highest BCUT2D eigenvalue weighted by Crippen LogP contribution is 2.27. The Balaban J connectivity index is 1.76. The van der Waals surface area contributed by atoms with Crippen LogP contribution in [0.5, 0.6) is 0 Å². The van der Waals surface area contributed by atoms with Crippen LogP contribution in [0.2, 0.25) is 5.02 Å². The molecule has 1 N–H and O–H groups in total. The summed E-state index contributed by atoms with van der Waals surface area (Å²) < 4.78 is 27.4. The average Bonchev–Trinajstić information content (AvgIpc) is 2.65. The fourth-order valence-electron chi connectivity index (χ4n) is 3.05. The molecule has 8 heteroatoms. The third-order valence-corrected chi connectivity index (χ3v) is 6.90. The molecule has 0 saturated carbocycles. The molecule has 2 heterocycles. The second kappa shape index (κ2) is 7.73. The van der Waals surface area contributed by atoms with Gasteiger partial charge in [-0.2, -0.15) is 4.31 Å². The summed E-state index contributed by atoms with van der Waals surface area (Å²) in [5.41, 5.74) is 0.994. The van der Waals surface area contributed by atoms with Crippen LogP contribution in [0.25, 0.3) is 0 Å². The van der Waals surface area contributed by atoms with Gasteiger partial charge in [0.25, 0.3) is 5.91 Å². The lowest BCUT2D eigenvalue weighted by atomic mass is 10.1. The highest BCUT2D eigenvalue weighted by atomic mass is 35.5. The lowest BCUT2D eigenvalue weighted by molar-refractivity contribution is 0.0921. The van der Waals surface area contributed by atoms with Crippen molar-refractivity contribution in [2.24, 2.45) is 0 Å². The number of halogens is 1. The average molecular weight is 394 g/mol. The topological polar surface area (TPSA) is 79.4 Å². The normalized spacial score (nSPS) is 18.5. The predicted molar refractivity (Wildman–Crippen MR) is 99.7 cm³/mol. The molecule has 2 aromatic rings. The standard InChI is InChI=1S/C18H20ClN3O3S/c1-13-16(19)7-2-8-17(13)26(24,25)22-10-4-6-15(12-22)21-18(23)14-5-3-9-20-11-14/h2-3,5,7-9,11,15H,4,6,10,12H2,1H3,(H,21,23). The minimum absolute atomic E-state index is 0.212. The fraction of sp³-hybridized carbons (Fsp3) is 0.333. The quantitative estimate of drug-likeness (QED) is 0.865. The van der Waals surface area contributed by atoms with E-state index in [0.29, 0.717) is 29.1 Å². The Hall–Kier alpha value is -1.96. The predicted octanol–water partition coefficient (Wildman–Crippen LogP) is 2.63. The molecular weight excluding hydrogens is 374 g/mol. The zero-order valence-corrected chi connectivity index (χ0v) is 15.9. The van der Waals surface area contributed by atoms with Crippen LogP contribution in [0.15, 0.2) is 47.6 Å². The van der Waals surface area contributed by atoms with Gasteiger partial charge in [-0.25, -0.2) is 8.42 Å². The number of pyridine rings is 1. The third-order valence-electron chi connectivity index (χ3n) is 4.48. The number of amides is 1. The molecule has 6 nitrogen and oxygen atoms in total. The number of hydrogen-bond acceptors (Lipinski definition) is 4. The first-order chi connectivity index (χ1) is 12.4. The first-order valence-electron chi connectivity index (χ1n) is 8.36. The van der Waals surface area contributed by atoms with Crippen molar-refractivity contribution in [2.75, 3.05) is 13.1 Å². The number of benzene rings is 1. The number of sulfonamides is 1. The molecular formula is C18H20ClN3O3S. The van der Waals surface area contributed by atoms with E-state index in [1.807, 2.05) is 0 Å². The molecule has 0 bridgehead atoms. The van der Waals surface area contributed by atoms with Gasteiger partial charge in [-0.1, -0.05) is 17.7 Å². The monoisotopic (exact) mass is 393 g/mol. The van der Waals surface area contributed by atoms with Gasteiger partial charge in [0.15, 0.2) is 0 Å². The first-order valence-corrected chi connectivity index (χ1v) is 10.2. The zero-order chi connectivity index (χ0) is 18.7. The minimum Gasteiger partial charge on any atom is -0.348 e. The second-order valence-corrected chi connectivity index (χ2v) is 8.59. The maximum Gasteiger partial charge on any atom is 0.253 e. The van der Waals surface area contributed by atoms with E-state index >= 15 is 0 Å². The lowest BCUT2D eigenvalue weighted by Crippen LogP contribution is -2.49. The number of hydrogen-bond donors (Lipinski definition) is 1. The Morgan fingerprint density at radius 3 is 2.85 bits per heavy atom. The van der Waals surface area contributed by atoms with Gasteiger partial charge in [-0.3, -0.25) is 9.78 Å². The number of carbonyl (C=O) groups excluding carboxylic acids is 1. The molecule has 0 spiro atoms. The van der Waals surface area contributed by atoms with Crippen molar-refractivity contribution in [3.63, 3.8) is 0 Å². The summed E-state index contributed by atoms with van der Waals surface area (Å²) in [5, 5.41) is 3.32. The van der Waals surface area contributed by atoms with Gasteiger partial charge in [0.1, 0.15) is 0 Å². The van der Waals surface area contributed by atoms with Crippen LogP contribution in [0, 0.1) is 6.92 Å². The van der Waals surface area contributed by atoms with E-state index in [1.54, 1.807) is 43.5 Å². The van der Waals surface area contributed by atoms with E-state index in [1.165, 1.54) is 10.5 Å². The summed E-state index contributed by atoms with van der Waals surface area (Å²) in [6.07, 6.45) is 4.49. The van der Waals surface area contributed by atoms with Crippen LogP contribution >= 0.6 is 11.6 Å². The summed E-state index contributed by atoms with van der Waals surface area (Å²) in [4.78, 5) is 16.4. The van der Waals surface area contributed by atoms with Gasteiger partial charge in [-0.05, 0) is 49.6 Å². The molecule has 0 aliphatic carbocycles. The molecule has 1 aromatic carbocycles. The van der Waals surface area contributed by atoms with Gasteiger partial charge in [0.05, 0.1) is 10.5 Å². The van der Waals surface area contributed by atoms with Crippen molar-refractivity contribution >= 4 is 27.5 Å². The van der Waals surface area contributed by atoms with Crippen molar-refractivity contribution in [1.29, 1.82) is 0 Å². The van der Waals surface area contributed by atoms with Crippen LogP contribution < -0.4 is 5.32 Å². The number of aromatic nitrogens is 1. The van der Waals surface area contributed by atoms with E-state index < -0.39 is 10.0 Å². The van der Waals surface area contributed by atoms with E-state index in [-0.39, 0.29) is 23.4 Å². The minimum atomic E-state index is -3.66. The van der Waals surface area contributed by atoms with E-state index in [9.17, 15) is 13.2 Å². The summed E-state index contributed by atoms with van der Waals surface area (Å²) in [6, 6.07) is 7.99. The maximum absolute atomic E-state index is 13.0. The molecule has 1 aromatic heterocycles. The zero-order valence-electron chi connectivity index (χ0n) is 14.4. The van der Waals surface area contributed by atoms with Crippen molar-refractivity contribution in [1.82, 2.24) is 14.6 Å². The summed E-state index contributed by atoms with van der Waals surface area (Å²) in [5.74, 6) is -0.249. The number of carbonyl (C=O) groups is 1. The summed E-state index contributed by atoms with van der Waals surface area (Å²) in [7, 11) is -3.66. The lowest BCUT2D eigenvalue weighted by Gasteiger charge is -2.32. The van der Waals surface area contributed by atoms with E-state index in [2.05, 4.69) is 10.3 Å². The molecule has 1 aliphatic rings. The van der Waals surface area contributed by atoms with Crippen LogP contribution in [-0.2, 0) is 10.0 Å². The Morgan fingerprint density at radius 1 is 1.31 bits per heavy atom. The molecule has 1 atom stereocenters. The molecule has 0 radical (unpaired) electrons.